The molecule has 5 heteroatoms. The molecule has 2 heterocycles. The normalized spacial score (nSPS) is 12.4. The van der Waals surface area contributed by atoms with Crippen molar-refractivity contribution >= 4 is 17.2 Å². The summed E-state index contributed by atoms with van der Waals surface area (Å²) in [5.41, 5.74) is 0.703. The van der Waals surface area contributed by atoms with Gasteiger partial charge in [-0.2, -0.15) is 0 Å². The molecule has 0 aromatic carbocycles. The Kier molecular flexibility index (Phi) is 3.05. The van der Waals surface area contributed by atoms with Gasteiger partial charge in [-0.25, -0.2) is 0 Å². The zero-order valence-electron chi connectivity index (χ0n) is 9.06. The fourth-order valence-corrected chi connectivity index (χ4v) is 2.08. The van der Waals surface area contributed by atoms with Gasteiger partial charge in [0.25, 0.3) is 5.91 Å². The van der Waals surface area contributed by atoms with E-state index in [1.165, 1.54) is 0 Å². The maximum atomic E-state index is 11.7. The summed E-state index contributed by atoms with van der Waals surface area (Å²) < 4.78 is 4.89. The van der Waals surface area contributed by atoms with Gasteiger partial charge in [0.1, 0.15) is 0 Å². The predicted molar refractivity (Wildman–Crippen MR) is 61.4 cm³/mol. The predicted octanol–water partition coefficient (Wildman–Crippen LogP) is 2.54. The van der Waals surface area contributed by atoms with Gasteiger partial charge in [-0.05, 0) is 25.3 Å². The summed E-state index contributed by atoms with van der Waals surface area (Å²) >= 11 is 1.61. The number of aryl methyl sites for hydroxylation is 1. The summed E-state index contributed by atoms with van der Waals surface area (Å²) in [4.78, 5) is 12.8. The second-order valence-corrected chi connectivity index (χ2v) is 4.52. The summed E-state index contributed by atoms with van der Waals surface area (Å²) in [6, 6.07) is 5.55. The molecule has 2 aromatic heterocycles. The molecule has 0 saturated carbocycles. The highest BCUT2D eigenvalue weighted by Crippen LogP contribution is 2.18. The lowest BCUT2D eigenvalue weighted by molar-refractivity contribution is 0.0903. The monoisotopic (exact) mass is 236 g/mol. The first kappa shape index (κ1) is 10.9. The molecule has 4 nitrogen and oxygen atoms in total. The van der Waals surface area contributed by atoms with E-state index in [-0.39, 0.29) is 17.7 Å². The fraction of sp³-hybridized carbons (Fsp3) is 0.273. The van der Waals surface area contributed by atoms with Crippen LogP contribution in [0.5, 0.6) is 0 Å². The van der Waals surface area contributed by atoms with E-state index in [2.05, 4.69) is 10.5 Å². The molecular weight excluding hydrogens is 224 g/mol. The van der Waals surface area contributed by atoms with Crippen LogP contribution < -0.4 is 5.32 Å². The fourth-order valence-electron chi connectivity index (χ4n) is 1.35. The molecule has 1 atom stereocenters. The minimum absolute atomic E-state index is 0.0158. The smallest absolute Gasteiger partial charge is 0.290 e. The molecule has 1 N–H and O–H groups in total. The highest BCUT2D eigenvalue weighted by atomic mass is 32.1. The maximum Gasteiger partial charge on any atom is 0.290 e. The van der Waals surface area contributed by atoms with Crippen molar-refractivity contribution in [3.05, 3.63) is 39.9 Å². The SMILES string of the molecule is Cc1cc(C(=O)N[C@@H](C)c2cccs2)on1. The number of aromatic nitrogens is 1. The zero-order valence-corrected chi connectivity index (χ0v) is 9.88. The Hall–Kier alpha value is -1.62. The van der Waals surface area contributed by atoms with Crippen LogP contribution in [-0.2, 0) is 0 Å². The first-order chi connectivity index (χ1) is 7.66. The first-order valence-corrected chi connectivity index (χ1v) is 5.82. The van der Waals surface area contributed by atoms with E-state index in [4.69, 9.17) is 4.52 Å². The van der Waals surface area contributed by atoms with Crippen molar-refractivity contribution in [2.24, 2.45) is 0 Å². The molecule has 0 saturated heterocycles. The van der Waals surface area contributed by atoms with Crippen LogP contribution in [0.1, 0.15) is 34.1 Å². The Morgan fingerprint density at radius 3 is 3.00 bits per heavy atom. The zero-order chi connectivity index (χ0) is 11.5. The molecule has 2 rings (SSSR count). The van der Waals surface area contributed by atoms with Crippen molar-refractivity contribution in [3.8, 4) is 0 Å². The Bertz CT molecular complexity index is 476. The van der Waals surface area contributed by atoms with E-state index in [0.29, 0.717) is 5.69 Å². The lowest BCUT2D eigenvalue weighted by Gasteiger charge is -2.09. The van der Waals surface area contributed by atoms with Gasteiger partial charge in [-0.15, -0.1) is 11.3 Å². The molecule has 84 valence electrons. The molecule has 0 aliphatic heterocycles. The standard InChI is InChI=1S/C11H12N2O2S/c1-7-6-9(15-13-7)11(14)12-8(2)10-4-3-5-16-10/h3-6,8H,1-2H3,(H,12,14)/t8-/m0/s1. The number of carbonyl (C=O) groups excluding carboxylic acids is 1. The third-order valence-electron chi connectivity index (χ3n) is 2.17. The van der Waals surface area contributed by atoms with E-state index >= 15 is 0 Å². The molecule has 0 bridgehead atoms. The third-order valence-corrected chi connectivity index (χ3v) is 3.22. The lowest BCUT2D eigenvalue weighted by Crippen LogP contribution is -2.25. The quantitative estimate of drug-likeness (QED) is 0.891. The van der Waals surface area contributed by atoms with Crippen molar-refractivity contribution in [2.75, 3.05) is 0 Å². The van der Waals surface area contributed by atoms with Gasteiger partial charge in [0.2, 0.25) is 5.76 Å². The topological polar surface area (TPSA) is 55.1 Å². The summed E-state index contributed by atoms with van der Waals surface area (Å²) in [6.45, 7) is 3.72. The largest absolute Gasteiger partial charge is 0.351 e. The van der Waals surface area contributed by atoms with Crippen LogP contribution in [0.2, 0.25) is 0 Å². The molecule has 0 aliphatic carbocycles. The molecule has 0 unspecified atom stereocenters. The van der Waals surface area contributed by atoms with Gasteiger partial charge in [0.05, 0.1) is 11.7 Å². The van der Waals surface area contributed by atoms with Crippen molar-refractivity contribution in [2.45, 2.75) is 19.9 Å². The van der Waals surface area contributed by atoms with Crippen molar-refractivity contribution in [3.63, 3.8) is 0 Å². The Labute approximate surface area is 97.3 Å². The Morgan fingerprint density at radius 1 is 1.62 bits per heavy atom. The second-order valence-electron chi connectivity index (χ2n) is 3.54. The molecule has 16 heavy (non-hydrogen) atoms. The number of nitrogens with one attached hydrogen (secondary N) is 1. The molecule has 2 aromatic rings. The average Bonchev–Trinajstić information content (AvgIpc) is 2.87. The average molecular weight is 236 g/mol. The Morgan fingerprint density at radius 2 is 2.44 bits per heavy atom. The molecule has 0 aliphatic rings. The van der Waals surface area contributed by atoms with Gasteiger partial charge < -0.3 is 9.84 Å². The van der Waals surface area contributed by atoms with Gasteiger partial charge >= 0.3 is 0 Å². The summed E-state index contributed by atoms with van der Waals surface area (Å²) in [5.74, 6) is 0.0161. The van der Waals surface area contributed by atoms with Gasteiger partial charge in [-0.3, -0.25) is 4.79 Å². The highest BCUT2D eigenvalue weighted by molar-refractivity contribution is 7.10. The van der Waals surface area contributed by atoms with Gasteiger partial charge in [0, 0.05) is 10.9 Å². The Balaban J connectivity index is 2.03. The minimum atomic E-state index is -0.235. The third kappa shape index (κ3) is 2.30. The number of nitrogens with zero attached hydrogens (tertiary/aromatic N) is 1. The second kappa shape index (κ2) is 4.49. The van der Waals surface area contributed by atoms with Crippen LogP contribution in [0, 0.1) is 6.92 Å². The minimum Gasteiger partial charge on any atom is -0.351 e. The van der Waals surface area contributed by atoms with Crippen molar-refractivity contribution in [1.29, 1.82) is 0 Å². The number of thiophene rings is 1. The lowest BCUT2D eigenvalue weighted by atomic mass is 10.2. The number of carbonyl (C=O) groups is 1. The summed E-state index contributed by atoms with van der Waals surface area (Å²) in [7, 11) is 0. The van der Waals surface area contributed by atoms with Crippen molar-refractivity contribution < 1.29 is 9.32 Å². The van der Waals surface area contributed by atoms with Crippen LogP contribution in [0.15, 0.2) is 28.1 Å². The van der Waals surface area contributed by atoms with E-state index in [1.807, 2.05) is 24.4 Å². The van der Waals surface area contributed by atoms with Gasteiger partial charge in [0.15, 0.2) is 0 Å². The number of rotatable bonds is 3. The van der Waals surface area contributed by atoms with Gasteiger partial charge in [-0.1, -0.05) is 11.2 Å². The number of hydrogen-bond donors (Lipinski definition) is 1. The molecule has 0 fully saturated rings. The number of hydrogen-bond acceptors (Lipinski definition) is 4. The van der Waals surface area contributed by atoms with E-state index in [0.717, 1.165) is 4.88 Å². The maximum absolute atomic E-state index is 11.7. The van der Waals surface area contributed by atoms with Crippen LogP contribution in [-0.4, -0.2) is 11.1 Å². The summed E-state index contributed by atoms with van der Waals surface area (Å²) in [5, 5.41) is 8.51. The number of amides is 1. The molecule has 0 spiro atoms. The molecule has 1 amide bonds. The van der Waals surface area contributed by atoms with Crippen LogP contribution in [0.4, 0.5) is 0 Å². The molecule has 0 radical (unpaired) electrons. The van der Waals surface area contributed by atoms with E-state index in [1.54, 1.807) is 24.3 Å². The van der Waals surface area contributed by atoms with Crippen LogP contribution in [0.25, 0.3) is 0 Å². The summed E-state index contributed by atoms with van der Waals surface area (Å²) in [6.07, 6.45) is 0. The van der Waals surface area contributed by atoms with Crippen molar-refractivity contribution in [1.82, 2.24) is 10.5 Å². The van der Waals surface area contributed by atoms with Crippen LogP contribution in [0.3, 0.4) is 0 Å². The van der Waals surface area contributed by atoms with E-state index in [9.17, 15) is 4.79 Å². The van der Waals surface area contributed by atoms with E-state index < -0.39 is 0 Å². The first-order valence-electron chi connectivity index (χ1n) is 4.94. The molecular formula is C11H12N2O2S. The van der Waals surface area contributed by atoms with Crippen LogP contribution >= 0.6 is 11.3 Å². The highest BCUT2D eigenvalue weighted by Gasteiger charge is 2.15.